The van der Waals surface area contributed by atoms with Gasteiger partial charge in [0.25, 0.3) is 0 Å². The van der Waals surface area contributed by atoms with E-state index in [1.54, 1.807) is 19.2 Å². The molecule has 0 saturated heterocycles. The first-order chi connectivity index (χ1) is 12.5. The second kappa shape index (κ2) is 14.2. The second-order valence-electron chi connectivity index (χ2n) is 6.31. The Morgan fingerprint density at radius 2 is 1.68 bits per heavy atom. The van der Waals surface area contributed by atoms with Crippen LogP contribution in [-0.4, -0.2) is 39.2 Å². The van der Waals surface area contributed by atoms with Gasteiger partial charge in [0.15, 0.2) is 11.5 Å². The van der Waals surface area contributed by atoms with Crippen LogP contribution in [0.2, 0.25) is 10.0 Å². The number of benzene rings is 2. The average Bonchev–Trinajstić information content (AvgIpc) is 2.61. The molecular formula is C20H28Cl4N2O2. The molecule has 2 aromatic carbocycles. The van der Waals surface area contributed by atoms with Gasteiger partial charge in [0, 0.05) is 22.2 Å². The van der Waals surface area contributed by atoms with Crippen LogP contribution in [0, 0.1) is 0 Å². The summed E-state index contributed by atoms with van der Waals surface area (Å²) in [5, 5.41) is 4.63. The lowest BCUT2D eigenvalue weighted by Gasteiger charge is -2.14. The molecule has 0 unspecified atom stereocenters. The molecule has 1 N–H and O–H groups in total. The molecule has 0 aliphatic carbocycles. The second-order valence-corrected chi connectivity index (χ2v) is 7.12. The standard InChI is InChI=1S/C20H26Cl2N2O2.2ClH/c1-24(2)11-5-10-23-13-15-8-9-19(20(12-15)25-3)26-14-16-17(21)6-4-7-18(16)22;;/h4,6-9,12,23H,5,10-11,13-14H2,1-3H3;2*1H. The van der Waals surface area contributed by atoms with Gasteiger partial charge in [0.1, 0.15) is 6.61 Å². The Morgan fingerprint density at radius 3 is 2.29 bits per heavy atom. The van der Waals surface area contributed by atoms with Crippen LogP contribution in [0.5, 0.6) is 11.5 Å². The number of nitrogens with one attached hydrogen (secondary N) is 1. The zero-order valence-corrected chi connectivity index (χ0v) is 19.5. The Labute approximate surface area is 190 Å². The molecule has 28 heavy (non-hydrogen) atoms. The fourth-order valence-corrected chi connectivity index (χ4v) is 3.02. The maximum atomic E-state index is 6.19. The largest absolute Gasteiger partial charge is 0.493 e. The van der Waals surface area contributed by atoms with Crippen molar-refractivity contribution in [3.05, 3.63) is 57.6 Å². The molecule has 0 heterocycles. The lowest BCUT2D eigenvalue weighted by molar-refractivity contribution is 0.284. The fraction of sp³-hybridized carbons (Fsp3) is 0.400. The molecule has 0 aromatic heterocycles. The van der Waals surface area contributed by atoms with Gasteiger partial charge < -0.3 is 19.7 Å². The molecule has 0 aliphatic heterocycles. The molecular weight excluding hydrogens is 442 g/mol. The zero-order chi connectivity index (χ0) is 18.9. The van der Waals surface area contributed by atoms with Crippen molar-refractivity contribution in [3.63, 3.8) is 0 Å². The summed E-state index contributed by atoms with van der Waals surface area (Å²) < 4.78 is 11.3. The van der Waals surface area contributed by atoms with Gasteiger partial charge in [-0.05, 0) is 63.4 Å². The minimum atomic E-state index is 0. The van der Waals surface area contributed by atoms with E-state index in [4.69, 9.17) is 32.7 Å². The summed E-state index contributed by atoms with van der Waals surface area (Å²) in [5.74, 6) is 1.36. The highest BCUT2D eigenvalue weighted by Crippen LogP contribution is 2.31. The maximum absolute atomic E-state index is 6.19. The van der Waals surface area contributed by atoms with Crippen LogP contribution in [-0.2, 0) is 13.2 Å². The quantitative estimate of drug-likeness (QED) is 0.468. The molecule has 0 amide bonds. The van der Waals surface area contributed by atoms with E-state index in [9.17, 15) is 0 Å². The van der Waals surface area contributed by atoms with E-state index in [0.717, 1.165) is 37.2 Å². The van der Waals surface area contributed by atoms with Gasteiger partial charge in [-0.1, -0.05) is 35.3 Å². The molecule has 8 heteroatoms. The highest BCUT2D eigenvalue weighted by Gasteiger charge is 2.10. The summed E-state index contributed by atoms with van der Waals surface area (Å²) in [7, 11) is 5.80. The highest BCUT2D eigenvalue weighted by molar-refractivity contribution is 6.35. The van der Waals surface area contributed by atoms with Gasteiger partial charge in [0.2, 0.25) is 0 Å². The van der Waals surface area contributed by atoms with Gasteiger partial charge in [0.05, 0.1) is 7.11 Å². The van der Waals surface area contributed by atoms with Gasteiger partial charge in [-0.2, -0.15) is 0 Å². The van der Waals surface area contributed by atoms with Crippen LogP contribution >= 0.6 is 48.0 Å². The van der Waals surface area contributed by atoms with Crippen molar-refractivity contribution in [1.82, 2.24) is 10.2 Å². The smallest absolute Gasteiger partial charge is 0.161 e. The highest BCUT2D eigenvalue weighted by atomic mass is 35.5. The van der Waals surface area contributed by atoms with E-state index < -0.39 is 0 Å². The molecule has 0 bridgehead atoms. The Balaban J connectivity index is 0.00000364. The van der Waals surface area contributed by atoms with Crippen molar-refractivity contribution in [2.75, 3.05) is 34.3 Å². The summed E-state index contributed by atoms with van der Waals surface area (Å²) >= 11 is 12.4. The Kier molecular flexibility index (Phi) is 13.7. The number of halogens is 4. The monoisotopic (exact) mass is 468 g/mol. The van der Waals surface area contributed by atoms with Crippen molar-refractivity contribution in [2.24, 2.45) is 0 Å². The summed E-state index contributed by atoms with van der Waals surface area (Å²) in [5.41, 5.74) is 1.92. The van der Waals surface area contributed by atoms with Crippen LogP contribution in [0.4, 0.5) is 0 Å². The molecule has 0 saturated carbocycles. The van der Waals surface area contributed by atoms with E-state index in [0.29, 0.717) is 21.5 Å². The third kappa shape index (κ3) is 8.64. The van der Waals surface area contributed by atoms with Gasteiger partial charge >= 0.3 is 0 Å². The van der Waals surface area contributed by atoms with E-state index in [2.05, 4.69) is 24.3 Å². The van der Waals surface area contributed by atoms with Crippen molar-refractivity contribution >= 4 is 48.0 Å². The van der Waals surface area contributed by atoms with Crippen molar-refractivity contribution in [1.29, 1.82) is 0 Å². The molecule has 0 aliphatic rings. The molecule has 0 radical (unpaired) electrons. The number of rotatable bonds is 10. The van der Waals surface area contributed by atoms with Crippen molar-refractivity contribution in [3.8, 4) is 11.5 Å². The first-order valence-electron chi connectivity index (χ1n) is 8.59. The van der Waals surface area contributed by atoms with E-state index in [1.807, 2.05) is 24.3 Å². The van der Waals surface area contributed by atoms with Crippen molar-refractivity contribution < 1.29 is 9.47 Å². The number of methoxy groups -OCH3 is 1. The summed E-state index contributed by atoms with van der Waals surface area (Å²) in [6.07, 6.45) is 1.12. The van der Waals surface area contributed by atoms with E-state index in [1.165, 1.54) is 0 Å². The summed E-state index contributed by atoms with van der Waals surface area (Å²) in [6, 6.07) is 11.4. The van der Waals surface area contributed by atoms with Crippen LogP contribution in [0.15, 0.2) is 36.4 Å². The predicted molar refractivity (Wildman–Crippen MR) is 123 cm³/mol. The lowest BCUT2D eigenvalue weighted by Crippen LogP contribution is -2.21. The fourth-order valence-electron chi connectivity index (χ4n) is 2.51. The zero-order valence-electron chi connectivity index (χ0n) is 16.3. The van der Waals surface area contributed by atoms with Crippen LogP contribution in [0.1, 0.15) is 17.5 Å². The van der Waals surface area contributed by atoms with Crippen LogP contribution in [0.3, 0.4) is 0 Å². The number of nitrogens with zero attached hydrogens (tertiary/aromatic N) is 1. The average molecular weight is 470 g/mol. The van der Waals surface area contributed by atoms with Crippen LogP contribution < -0.4 is 14.8 Å². The number of hydrogen-bond acceptors (Lipinski definition) is 4. The molecule has 0 fully saturated rings. The van der Waals surface area contributed by atoms with Gasteiger partial charge in [-0.3, -0.25) is 0 Å². The van der Waals surface area contributed by atoms with E-state index in [-0.39, 0.29) is 31.4 Å². The Bertz CT molecular complexity index is 694. The molecule has 0 spiro atoms. The number of ether oxygens (including phenoxy) is 2. The summed E-state index contributed by atoms with van der Waals surface area (Å²) in [6.45, 7) is 3.13. The third-order valence-electron chi connectivity index (χ3n) is 3.95. The normalized spacial score (nSPS) is 10.2. The first-order valence-corrected chi connectivity index (χ1v) is 9.35. The van der Waals surface area contributed by atoms with E-state index >= 15 is 0 Å². The van der Waals surface area contributed by atoms with Crippen molar-refractivity contribution in [2.45, 2.75) is 19.6 Å². The minimum absolute atomic E-state index is 0. The maximum Gasteiger partial charge on any atom is 0.161 e. The molecule has 158 valence electrons. The number of hydrogen-bond donors (Lipinski definition) is 1. The predicted octanol–water partition coefficient (Wildman–Crippen LogP) is 5.47. The lowest BCUT2D eigenvalue weighted by atomic mass is 10.2. The molecule has 2 rings (SSSR count). The molecule has 2 aromatic rings. The Hall–Kier alpha value is -0.880. The summed E-state index contributed by atoms with van der Waals surface area (Å²) in [4.78, 5) is 2.18. The molecule has 4 nitrogen and oxygen atoms in total. The minimum Gasteiger partial charge on any atom is -0.493 e. The van der Waals surface area contributed by atoms with Gasteiger partial charge in [-0.15, -0.1) is 24.8 Å². The third-order valence-corrected chi connectivity index (χ3v) is 4.66. The van der Waals surface area contributed by atoms with Crippen LogP contribution in [0.25, 0.3) is 0 Å². The SMILES string of the molecule is COc1cc(CNCCCN(C)C)ccc1OCc1c(Cl)cccc1Cl.Cl.Cl. The Morgan fingerprint density at radius 1 is 1.00 bits per heavy atom. The molecule has 0 atom stereocenters. The van der Waals surface area contributed by atoms with Gasteiger partial charge in [-0.25, -0.2) is 0 Å². The first kappa shape index (κ1) is 27.1. The topological polar surface area (TPSA) is 33.7 Å².